The monoisotopic (exact) mass is 316 g/mol. The first-order valence-electron chi connectivity index (χ1n) is 7.79. The molecule has 2 aromatic heterocycles. The van der Waals surface area contributed by atoms with Crippen molar-refractivity contribution in [3.63, 3.8) is 0 Å². The van der Waals surface area contributed by atoms with Gasteiger partial charge in [0, 0.05) is 56.5 Å². The van der Waals surface area contributed by atoms with Crippen LogP contribution in [-0.2, 0) is 11.2 Å². The van der Waals surface area contributed by atoms with Gasteiger partial charge in [-0.2, -0.15) is 0 Å². The third kappa shape index (κ3) is 3.85. The molecule has 2 aromatic rings. The Bertz CT molecular complexity index is 644. The topological polar surface area (TPSA) is 81.4 Å². The molecule has 7 nitrogen and oxygen atoms in total. The van der Waals surface area contributed by atoms with Crippen LogP contribution in [0.15, 0.2) is 29.2 Å². The number of carbonyl (C=O) groups is 1. The molecule has 3 heterocycles. The third-order valence-electron chi connectivity index (χ3n) is 4.11. The summed E-state index contributed by atoms with van der Waals surface area (Å²) in [6, 6.07) is 1.71. The van der Waals surface area contributed by atoms with Crippen molar-refractivity contribution in [1.29, 1.82) is 0 Å². The van der Waals surface area contributed by atoms with Crippen molar-refractivity contribution in [1.82, 2.24) is 20.0 Å². The number of methoxy groups -OCH3 is 1. The maximum absolute atomic E-state index is 12.4. The molecule has 0 saturated carbocycles. The van der Waals surface area contributed by atoms with Gasteiger partial charge in [-0.15, -0.1) is 0 Å². The minimum Gasteiger partial charge on any atom is -0.479 e. The Kier molecular flexibility index (Phi) is 4.85. The van der Waals surface area contributed by atoms with Crippen molar-refractivity contribution in [2.45, 2.75) is 31.6 Å². The summed E-state index contributed by atoms with van der Waals surface area (Å²) in [4.78, 5) is 22.8. The molecule has 0 unspecified atom stereocenters. The highest BCUT2D eigenvalue weighted by molar-refractivity contribution is 5.76. The lowest BCUT2D eigenvalue weighted by Crippen LogP contribution is -2.39. The lowest BCUT2D eigenvalue weighted by molar-refractivity contribution is -0.132. The smallest absolute Gasteiger partial charge is 0.254 e. The van der Waals surface area contributed by atoms with E-state index in [0.29, 0.717) is 31.0 Å². The summed E-state index contributed by atoms with van der Waals surface area (Å²) in [5.41, 5.74) is 0.963. The number of aromatic nitrogens is 3. The first kappa shape index (κ1) is 15.5. The molecule has 1 saturated heterocycles. The molecule has 0 radical (unpaired) electrons. The molecule has 0 N–H and O–H groups in total. The van der Waals surface area contributed by atoms with Crippen molar-refractivity contribution < 1.29 is 14.1 Å². The van der Waals surface area contributed by atoms with E-state index >= 15 is 0 Å². The van der Waals surface area contributed by atoms with E-state index in [4.69, 9.17) is 9.26 Å². The molecule has 0 aliphatic carbocycles. The van der Waals surface area contributed by atoms with E-state index in [1.165, 1.54) is 7.11 Å². The molecule has 1 aliphatic heterocycles. The van der Waals surface area contributed by atoms with E-state index in [0.717, 1.165) is 25.1 Å². The second-order valence-corrected chi connectivity index (χ2v) is 5.64. The van der Waals surface area contributed by atoms with Crippen molar-refractivity contribution >= 4 is 5.91 Å². The van der Waals surface area contributed by atoms with Crippen molar-refractivity contribution in [2.24, 2.45) is 0 Å². The van der Waals surface area contributed by atoms with Crippen molar-refractivity contribution in [2.75, 3.05) is 20.2 Å². The molecule has 23 heavy (non-hydrogen) atoms. The molecule has 0 bridgehead atoms. The second-order valence-electron chi connectivity index (χ2n) is 5.64. The highest BCUT2D eigenvalue weighted by atomic mass is 16.5. The Morgan fingerprint density at radius 2 is 2.39 bits per heavy atom. The first-order valence-corrected chi connectivity index (χ1v) is 7.79. The average Bonchev–Trinajstić information content (AvgIpc) is 3.09. The van der Waals surface area contributed by atoms with Crippen LogP contribution in [0.5, 0.6) is 5.88 Å². The van der Waals surface area contributed by atoms with Gasteiger partial charge < -0.3 is 14.2 Å². The summed E-state index contributed by atoms with van der Waals surface area (Å²) in [5.74, 6) is 1.51. The Morgan fingerprint density at radius 3 is 3.13 bits per heavy atom. The highest BCUT2D eigenvalue weighted by Gasteiger charge is 2.25. The number of aryl methyl sites for hydroxylation is 1. The van der Waals surface area contributed by atoms with Crippen LogP contribution in [0.4, 0.5) is 0 Å². The number of amides is 1. The van der Waals surface area contributed by atoms with Crippen molar-refractivity contribution in [3.8, 4) is 5.88 Å². The van der Waals surface area contributed by atoms with Gasteiger partial charge in [0.1, 0.15) is 5.76 Å². The maximum Gasteiger partial charge on any atom is 0.254 e. The summed E-state index contributed by atoms with van der Waals surface area (Å²) in [5, 5.41) is 3.74. The van der Waals surface area contributed by atoms with Crippen LogP contribution in [0.25, 0.3) is 0 Å². The number of rotatable bonds is 5. The van der Waals surface area contributed by atoms with Crippen molar-refractivity contribution in [3.05, 3.63) is 36.1 Å². The van der Waals surface area contributed by atoms with Gasteiger partial charge in [-0.1, -0.05) is 0 Å². The van der Waals surface area contributed by atoms with Gasteiger partial charge in [-0.3, -0.25) is 14.8 Å². The third-order valence-corrected chi connectivity index (χ3v) is 4.11. The van der Waals surface area contributed by atoms with Crippen LogP contribution in [0.2, 0.25) is 0 Å². The molecular weight excluding hydrogens is 296 g/mol. The van der Waals surface area contributed by atoms with E-state index < -0.39 is 0 Å². The minimum atomic E-state index is 0.133. The zero-order chi connectivity index (χ0) is 16.1. The number of hydrogen-bond donors (Lipinski definition) is 0. The molecule has 1 amide bonds. The molecule has 1 fully saturated rings. The number of carbonyl (C=O) groups excluding carboxylic acids is 1. The number of ether oxygens (including phenoxy) is 1. The van der Waals surface area contributed by atoms with Gasteiger partial charge >= 0.3 is 0 Å². The summed E-state index contributed by atoms with van der Waals surface area (Å²) >= 11 is 0. The largest absolute Gasteiger partial charge is 0.479 e. The van der Waals surface area contributed by atoms with Gasteiger partial charge in [-0.25, -0.2) is 0 Å². The van der Waals surface area contributed by atoms with Crippen LogP contribution < -0.4 is 4.74 Å². The fourth-order valence-corrected chi connectivity index (χ4v) is 2.86. The van der Waals surface area contributed by atoms with Gasteiger partial charge in [0.15, 0.2) is 0 Å². The normalized spacial score (nSPS) is 18.0. The molecule has 0 spiro atoms. The second kappa shape index (κ2) is 7.21. The molecular formula is C16H20N4O3. The fourth-order valence-electron chi connectivity index (χ4n) is 2.86. The van der Waals surface area contributed by atoms with E-state index in [1.807, 2.05) is 4.90 Å². The summed E-state index contributed by atoms with van der Waals surface area (Å²) in [6.07, 6.45) is 8.13. The highest BCUT2D eigenvalue weighted by Crippen LogP contribution is 2.25. The van der Waals surface area contributed by atoms with Crippen LogP contribution in [-0.4, -0.2) is 46.1 Å². The van der Waals surface area contributed by atoms with E-state index in [2.05, 4.69) is 15.1 Å². The van der Waals surface area contributed by atoms with Gasteiger partial charge in [0.25, 0.3) is 5.88 Å². The Morgan fingerprint density at radius 1 is 1.48 bits per heavy atom. The summed E-state index contributed by atoms with van der Waals surface area (Å²) in [6.45, 7) is 1.51. The maximum atomic E-state index is 12.4. The van der Waals surface area contributed by atoms with Gasteiger partial charge in [-0.05, 0) is 18.0 Å². The Balaban J connectivity index is 1.54. The molecule has 0 aromatic carbocycles. The summed E-state index contributed by atoms with van der Waals surface area (Å²) < 4.78 is 10.1. The predicted molar refractivity (Wildman–Crippen MR) is 82.0 cm³/mol. The van der Waals surface area contributed by atoms with Crippen LogP contribution in [0, 0.1) is 0 Å². The quantitative estimate of drug-likeness (QED) is 0.837. The summed E-state index contributed by atoms with van der Waals surface area (Å²) in [7, 11) is 1.53. The molecule has 1 atom stereocenters. The number of nitrogens with zero attached hydrogens (tertiary/aromatic N) is 4. The molecule has 7 heteroatoms. The van der Waals surface area contributed by atoms with Gasteiger partial charge in [0.05, 0.1) is 12.8 Å². The van der Waals surface area contributed by atoms with E-state index in [-0.39, 0.29) is 11.8 Å². The average molecular weight is 316 g/mol. The van der Waals surface area contributed by atoms with Crippen LogP contribution in [0.1, 0.15) is 36.6 Å². The molecule has 1 aliphatic rings. The first-order chi connectivity index (χ1) is 11.3. The SMILES string of the molecule is COc1cc(CCC(=O)N2CCC[C@@H](c3cnccn3)C2)on1. The minimum absolute atomic E-state index is 0.133. The zero-order valence-corrected chi connectivity index (χ0v) is 13.1. The molecule has 3 rings (SSSR count). The number of piperidine rings is 1. The lowest BCUT2D eigenvalue weighted by atomic mass is 9.94. The fraction of sp³-hybridized carbons (Fsp3) is 0.500. The van der Waals surface area contributed by atoms with E-state index in [1.54, 1.807) is 24.7 Å². The number of hydrogen-bond acceptors (Lipinski definition) is 6. The zero-order valence-electron chi connectivity index (χ0n) is 13.1. The van der Waals surface area contributed by atoms with Crippen LogP contribution >= 0.6 is 0 Å². The van der Waals surface area contributed by atoms with Crippen LogP contribution in [0.3, 0.4) is 0 Å². The number of likely N-dealkylation sites (tertiary alicyclic amines) is 1. The standard InChI is InChI=1S/C16H20N4O3/c1-22-15-9-13(23-19-15)4-5-16(21)20-8-2-3-12(11-20)14-10-17-6-7-18-14/h6-7,9-10,12H,2-5,8,11H2,1H3/t12-/m1/s1. The predicted octanol–water partition coefficient (Wildman–Crippen LogP) is 1.81. The van der Waals surface area contributed by atoms with E-state index in [9.17, 15) is 4.79 Å². The Labute approximate surface area is 134 Å². The Hall–Kier alpha value is -2.44. The molecule has 122 valence electrons. The lowest BCUT2D eigenvalue weighted by Gasteiger charge is -2.32. The van der Waals surface area contributed by atoms with Gasteiger partial charge in [0.2, 0.25) is 5.91 Å².